The lowest BCUT2D eigenvalue weighted by Gasteiger charge is -2.34. The van der Waals surface area contributed by atoms with Gasteiger partial charge in [-0.15, -0.1) is 0 Å². The first kappa shape index (κ1) is 17.9. The van der Waals surface area contributed by atoms with Gasteiger partial charge in [-0.25, -0.2) is 4.79 Å². The van der Waals surface area contributed by atoms with Crippen molar-refractivity contribution < 1.29 is 0 Å². The molecule has 1 saturated carbocycles. The second-order valence-electron chi connectivity index (χ2n) is 8.79. The lowest BCUT2D eigenvalue weighted by atomic mass is 9.71. The predicted octanol–water partition coefficient (Wildman–Crippen LogP) is 5.30. The SMILES string of the molecule is Cn1c(=O)n(C)c2cc(Nc3ccc(C4CCC(C)(C)CC4)cc3)ccc21. The topological polar surface area (TPSA) is 39.0 Å². The van der Waals surface area contributed by atoms with E-state index < -0.39 is 0 Å². The number of anilines is 2. The highest BCUT2D eigenvalue weighted by Crippen LogP contribution is 2.42. The van der Waals surface area contributed by atoms with Crippen molar-refractivity contribution in [3.63, 3.8) is 0 Å². The summed E-state index contributed by atoms with van der Waals surface area (Å²) < 4.78 is 3.37. The Morgan fingerprint density at radius 2 is 1.48 bits per heavy atom. The summed E-state index contributed by atoms with van der Waals surface area (Å²) in [5.41, 5.74) is 5.93. The Hall–Kier alpha value is -2.49. The molecule has 0 saturated heterocycles. The first-order valence-corrected chi connectivity index (χ1v) is 9.86. The highest BCUT2D eigenvalue weighted by atomic mass is 16.1. The van der Waals surface area contributed by atoms with Gasteiger partial charge in [0.15, 0.2) is 0 Å². The second-order valence-corrected chi connectivity index (χ2v) is 8.79. The van der Waals surface area contributed by atoms with E-state index in [0.717, 1.165) is 22.4 Å². The van der Waals surface area contributed by atoms with E-state index in [2.05, 4.69) is 43.4 Å². The summed E-state index contributed by atoms with van der Waals surface area (Å²) >= 11 is 0. The van der Waals surface area contributed by atoms with Crippen LogP contribution in [0.2, 0.25) is 0 Å². The van der Waals surface area contributed by atoms with E-state index in [1.807, 2.05) is 32.3 Å². The molecule has 1 aliphatic carbocycles. The number of fused-ring (bicyclic) bond motifs is 1. The zero-order valence-corrected chi connectivity index (χ0v) is 16.7. The van der Waals surface area contributed by atoms with E-state index in [9.17, 15) is 4.79 Å². The molecule has 0 atom stereocenters. The third kappa shape index (κ3) is 3.41. The molecule has 27 heavy (non-hydrogen) atoms. The maximum atomic E-state index is 12.1. The maximum Gasteiger partial charge on any atom is 0.328 e. The number of hydrogen-bond acceptors (Lipinski definition) is 2. The molecule has 1 heterocycles. The van der Waals surface area contributed by atoms with E-state index >= 15 is 0 Å². The molecule has 0 bridgehead atoms. The van der Waals surface area contributed by atoms with Crippen molar-refractivity contribution in [2.45, 2.75) is 45.4 Å². The van der Waals surface area contributed by atoms with Crippen LogP contribution in [0.5, 0.6) is 0 Å². The third-order valence-corrected chi connectivity index (χ3v) is 6.28. The number of aryl methyl sites for hydroxylation is 2. The minimum atomic E-state index is 0.00200. The zero-order valence-electron chi connectivity index (χ0n) is 16.7. The van der Waals surface area contributed by atoms with E-state index in [1.54, 1.807) is 9.13 Å². The van der Waals surface area contributed by atoms with E-state index in [1.165, 1.54) is 31.2 Å². The molecule has 0 unspecified atom stereocenters. The molecule has 4 heteroatoms. The Kier molecular flexibility index (Phi) is 4.37. The van der Waals surface area contributed by atoms with Crippen LogP contribution in [0.3, 0.4) is 0 Å². The van der Waals surface area contributed by atoms with Gasteiger partial charge in [-0.1, -0.05) is 26.0 Å². The Morgan fingerprint density at radius 3 is 2.15 bits per heavy atom. The monoisotopic (exact) mass is 363 g/mol. The average molecular weight is 364 g/mol. The van der Waals surface area contributed by atoms with Crippen molar-refractivity contribution in [1.82, 2.24) is 9.13 Å². The van der Waals surface area contributed by atoms with Gasteiger partial charge < -0.3 is 5.32 Å². The molecule has 3 aromatic rings. The zero-order chi connectivity index (χ0) is 19.2. The van der Waals surface area contributed by atoms with Crippen LogP contribution in [-0.2, 0) is 14.1 Å². The molecular formula is C23H29N3O. The van der Waals surface area contributed by atoms with Crippen LogP contribution >= 0.6 is 0 Å². The maximum absolute atomic E-state index is 12.1. The number of hydrogen-bond donors (Lipinski definition) is 1. The molecule has 4 nitrogen and oxygen atoms in total. The van der Waals surface area contributed by atoms with Gasteiger partial charge >= 0.3 is 5.69 Å². The van der Waals surface area contributed by atoms with Crippen LogP contribution < -0.4 is 11.0 Å². The van der Waals surface area contributed by atoms with Crippen molar-refractivity contribution >= 4 is 22.4 Å². The summed E-state index contributed by atoms with van der Waals surface area (Å²) in [6.07, 6.45) is 5.21. The second kappa shape index (κ2) is 6.59. The standard InChI is InChI=1S/C23H29N3O/c1-23(2)13-11-17(12-14-23)16-5-7-18(8-6-16)24-19-9-10-20-21(15-19)26(4)22(27)25(20)3/h5-10,15,17,24H,11-14H2,1-4H3. The lowest BCUT2D eigenvalue weighted by molar-refractivity contribution is 0.224. The summed E-state index contributed by atoms with van der Waals surface area (Å²) in [5.74, 6) is 0.697. The molecule has 1 N–H and O–H groups in total. The molecule has 4 rings (SSSR count). The van der Waals surface area contributed by atoms with Crippen LogP contribution in [0.15, 0.2) is 47.3 Å². The molecule has 0 aliphatic heterocycles. The molecule has 142 valence electrons. The smallest absolute Gasteiger partial charge is 0.328 e. The highest BCUT2D eigenvalue weighted by Gasteiger charge is 2.27. The van der Waals surface area contributed by atoms with E-state index in [4.69, 9.17) is 0 Å². The van der Waals surface area contributed by atoms with Crippen LogP contribution in [0.4, 0.5) is 11.4 Å². The summed E-state index contributed by atoms with van der Waals surface area (Å²) in [6, 6.07) is 14.9. The van der Waals surface area contributed by atoms with Gasteiger partial charge in [-0.05, 0) is 72.9 Å². The quantitative estimate of drug-likeness (QED) is 0.685. The molecule has 0 amide bonds. The number of aromatic nitrogens is 2. The van der Waals surface area contributed by atoms with E-state index in [-0.39, 0.29) is 5.69 Å². The molecule has 1 fully saturated rings. The van der Waals surface area contributed by atoms with Crippen LogP contribution in [-0.4, -0.2) is 9.13 Å². The predicted molar refractivity (Wildman–Crippen MR) is 113 cm³/mol. The number of rotatable bonds is 3. The summed E-state index contributed by atoms with van der Waals surface area (Å²) in [7, 11) is 3.62. The lowest BCUT2D eigenvalue weighted by Crippen LogP contribution is -2.20. The summed E-state index contributed by atoms with van der Waals surface area (Å²) in [6.45, 7) is 4.77. The normalized spacial score (nSPS) is 17.3. The molecule has 1 aliphatic rings. The van der Waals surface area contributed by atoms with Crippen molar-refractivity contribution in [2.24, 2.45) is 19.5 Å². The van der Waals surface area contributed by atoms with Crippen molar-refractivity contribution in [1.29, 1.82) is 0 Å². The van der Waals surface area contributed by atoms with Gasteiger partial charge in [0.05, 0.1) is 11.0 Å². The first-order valence-electron chi connectivity index (χ1n) is 9.86. The number of nitrogens with one attached hydrogen (secondary N) is 1. The largest absolute Gasteiger partial charge is 0.355 e. The Balaban J connectivity index is 1.51. The Morgan fingerprint density at radius 1 is 0.889 bits per heavy atom. The van der Waals surface area contributed by atoms with Crippen molar-refractivity contribution in [3.8, 4) is 0 Å². The van der Waals surface area contributed by atoms with Gasteiger partial charge in [0.1, 0.15) is 0 Å². The van der Waals surface area contributed by atoms with Gasteiger partial charge in [0.25, 0.3) is 0 Å². The minimum absolute atomic E-state index is 0.00200. The average Bonchev–Trinajstić information content (AvgIpc) is 2.87. The molecule has 1 aromatic heterocycles. The Bertz CT molecular complexity index is 1010. The van der Waals surface area contributed by atoms with Gasteiger partial charge in [-0.3, -0.25) is 9.13 Å². The fourth-order valence-electron chi connectivity index (χ4n) is 4.32. The number of nitrogens with zero attached hydrogens (tertiary/aromatic N) is 2. The van der Waals surface area contributed by atoms with Crippen LogP contribution in [0.25, 0.3) is 11.0 Å². The fraction of sp³-hybridized carbons (Fsp3) is 0.435. The summed E-state index contributed by atoms with van der Waals surface area (Å²) in [5, 5.41) is 3.47. The summed E-state index contributed by atoms with van der Waals surface area (Å²) in [4.78, 5) is 12.1. The first-order chi connectivity index (χ1) is 12.8. The van der Waals surface area contributed by atoms with Crippen molar-refractivity contribution in [3.05, 3.63) is 58.5 Å². The Labute approximate surface area is 160 Å². The molecule has 0 radical (unpaired) electrons. The highest BCUT2D eigenvalue weighted by molar-refractivity contribution is 5.81. The van der Waals surface area contributed by atoms with Gasteiger partial charge in [0.2, 0.25) is 0 Å². The minimum Gasteiger partial charge on any atom is -0.355 e. The van der Waals surface area contributed by atoms with Gasteiger partial charge in [0, 0.05) is 25.5 Å². The molecule has 0 spiro atoms. The van der Waals surface area contributed by atoms with Crippen molar-refractivity contribution in [2.75, 3.05) is 5.32 Å². The number of benzene rings is 2. The van der Waals surface area contributed by atoms with Crippen LogP contribution in [0, 0.1) is 5.41 Å². The molecular weight excluding hydrogens is 334 g/mol. The fourth-order valence-corrected chi connectivity index (χ4v) is 4.32. The third-order valence-electron chi connectivity index (χ3n) is 6.28. The number of imidazole rings is 1. The molecule has 2 aromatic carbocycles. The van der Waals surface area contributed by atoms with E-state index in [0.29, 0.717) is 11.3 Å². The van der Waals surface area contributed by atoms with Crippen LogP contribution in [0.1, 0.15) is 51.0 Å². The van der Waals surface area contributed by atoms with Gasteiger partial charge in [-0.2, -0.15) is 0 Å².